The number of Topliss-reactive ketones (excluding diaryl/α,β-unsaturated/α-hetero) is 1. The van der Waals surface area contributed by atoms with Gasteiger partial charge in [0.25, 0.3) is 0 Å². The molecule has 0 aliphatic heterocycles. The van der Waals surface area contributed by atoms with Crippen molar-refractivity contribution in [2.24, 2.45) is 5.41 Å². The fourth-order valence-corrected chi connectivity index (χ4v) is 2.84. The van der Waals surface area contributed by atoms with E-state index in [-0.39, 0.29) is 11.2 Å². The van der Waals surface area contributed by atoms with Crippen molar-refractivity contribution in [3.8, 4) is 0 Å². The summed E-state index contributed by atoms with van der Waals surface area (Å²) in [7, 11) is 3.92. The average Bonchev–Trinajstić information content (AvgIpc) is 2.45. The van der Waals surface area contributed by atoms with Crippen molar-refractivity contribution in [2.75, 3.05) is 19.0 Å². The number of aromatic nitrogens is 1. The smallest absolute Gasteiger partial charge is 0.185 e. The van der Waals surface area contributed by atoms with Gasteiger partial charge >= 0.3 is 0 Å². The molecule has 0 saturated heterocycles. The summed E-state index contributed by atoms with van der Waals surface area (Å²) in [6, 6.07) is 0. The van der Waals surface area contributed by atoms with Gasteiger partial charge in [-0.1, -0.05) is 25.2 Å². The van der Waals surface area contributed by atoms with Gasteiger partial charge in [0.15, 0.2) is 10.9 Å². The Morgan fingerprint density at radius 3 is 2.60 bits per heavy atom. The quantitative estimate of drug-likeness (QED) is 0.734. The van der Waals surface area contributed by atoms with Crippen LogP contribution in [0.1, 0.15) is 35.6 Å². The van der Waals surface area contributed by atoms with Crippen LogP contribution in [0.2, 0.25) is 0 Å². The van der Waals surface area contributed by atoms with Gasteiger partial charge in [-0.25, -0.2) is 4.98 Å². The zero-order valence-corrected chi connectivity index (χ0v) is 10.4. The van der Waals surface area contributed by atoms with E-state index in [0.29, 0.717) is 6.42 Å². The molecule has 3 nitrogen and oxygen atoms in total. The Bertz CT molecular complexity index is 407. The van der Waals surface area contributed by atoms with E-state index in [0.717, 1.165) is 22.1 Å². The zero-order chi connectivity index (χ0) is 11.2. The molecule has 1 aliphatic rings. The topological polar surface area (TPSA) is 33.2 Å². The lowest BCUT2D eigenvalue weighted by molar-refractivity contribution is 0.0916. The minimum Gasteiger partial charge on any atom is -0.354 e. The van der Waals surface area contributed by atoms with Crippen LogP contribution in [-0.4, -0.2) is 24.9 Å². The number of thiazole rings is 1. The molecule has 0 atom stereocenters. The molecular formula is C11H16N2OS. The molecular weight excluding hydrogens is 208 g/mol. The van der Waals surface area contributed by atoms with Crippen LogP contribution in [0.4, 0.5) is 5.13 Å². The van der Waals surface area contributed by atoms with Crippen molar-refractivity contribution in [1.29, 1.82) is 0 Å². The molecule has 1 aromatic rings. The van der Waals surface area contributed by atoms with E-state index < -0.39 is 0 Å². The van der Waals surface area contributed by atoms with Crippen molar-refractivity contribution in [2.45, 2.75) is 26.7 Å². The molecule has 0 unspecified atom stereocenters. The fraction of sp³-hybridized carbons (Fsp3) is 0.636. The molecule has 4 heteroatoms. The van der Waals surface area contributed by atoms with Gasteiger partial charge < -0.3 is 4.90 Å². The first-order chi connectivity index (χ1) is 6.89. The molecule has 0 amide bonds. The van der Waals surface area contributed by atoms with Crippen LogP contribution in [0, 0.1) is 5.41 Å². The maximum absolute atomic E-state index is 11.9. The largest absolute Gasteiger partial charge is 0.354 e. The van der Waals surface area contributed by atoms with Gasteiger partial charge in [-0.3, -0.25) is 4.79 Å². The Morgan fingerprint density at radius 2 is 2.00 bits per heavy atom. The lowest BCUT2D eigenvalue weighted by Gasteiger charge is -2.26. The maximum Gasteiger partial charge on any atom is 0.185 e. The highest BCUT2D eigenvalue weighted by atomic mass is 32.1. The lowest BCUT2D eigenvalue weighted by Crippen LogP contribution is -2.26. The number of rotatable bonds is 1. The molecule has 1 heterocycles. The summed E-state index contributed by atoms with van der Waals surface area (Å²) in [6.45, 7) is 4.26. The second-order valence-electron chi connectivity index (χ2n) is 5.11. The summed E-state index contributed by atoms with van der Waals surface area (Å²) < 4.78 is 0. The standard InChI is InChI=1S/C11H16N2OS/c1-11(2)5-7-9(8(14)6-11)15-10(12-7)13(3)4/h5-6H2,1-4H3. The van der Waals surface area contributed by atoms with Crippen LogP contribution >= 0.6 is 11.3 Å². The summed E-state index contributed by atoms with van der Waals surface area (Å²) in [5.74, 6) is 0.256. The third-order valence-corrected chi connectivity index (χ3v) is 3.91. The lowest BCUT2D eigenvalue weighted by atomic mass is 9.78. The van der Waals surface area contributed by atoms with Crippen LogP contribution in [0.25, 0.3) is 0 Å². The van der Waals surface area contributed by atoms with Crippen molar-refractivity contribution in [3.63, 3.8) is 0 Å². The third-order valence-electron chi connectivity index (χ3n) is 2.61. The predicted molar refractivity (Wildman–Crippen MR) is 62.9 cm³/mol. The molecule has 0 fully saturated rings. The second-order valence-corrected chi connectivity index (χ2v) is 6.09. The van der Waals surface area contributed by atoms with Gasteiger partial charge in [0.1, 0.15) is 0 Å². The van der Waals surface area contributed by atoms with Gasteiger partial charge in [-0.2, -0.15) is 0 Å². The van der Waals surface area contributed by atoms with E-state index in [9.17, 15) is 4.79 Å². The Balaban J connectivity index is 2.43. The minimum absolute atomic E-state index is 0.0712. The van der Waals surface area contributed by atoms with Crippen LogP contribution in [0.3, 0.4) is 0 Å². The molecule has 0 aromatic carbocycles. The Morgan fingerprint density at radius 1 is 1.33 bits per heavy atom. The van der Waals surface area contributed by atoms with E-state index in [4.69, 9.17) is 0 Å². The van der Waals surface area contributed by atoms with E-state index in [1.165, 1.54) is 11.3 Å². The first-order valence-corrected chi connectivity index (χ1v) is 5.91. The van der Waals surface area contributed by atoms with Gasteiger partial charge in [-0.05, 0) is 11.8 Å². The number of hydrogen-bond donors (Lipinski definition) is 0. The number of ketones is 1. The SMILES string of the molecule is CN(C)c1nc2c(s1)C(=O)CC(C)(C)C2. The monoisotopic (exact) mass is 224 g/mol. The fourth-order valence-electron chi connectivity index (χ4n) is 1.90. The summed E-state index contributed by atoms with van der Waals surface area (Å²) in [6.07, 6.45) is 1.56. The summed E-state index contributed by atoms with van der Waals surface area (Å²) in [4.78, 5) is 19.2. The summed E-state index contributed by atoms with van der Waals surface area (Å²) in [5, 5.41) is 0.936. The van der Waals surface area contributed by atoms with Gasteiger partial charge in [0.2, 0.25) is 0 Å². The third kappa shape index (κ3) is 1.91. The molecule has 0 bridgehead atoms. The van der Waals surface area contributed by atoms with Crippen LogP contribution < -0.4 is 4.90 Å². The number of anilines is 1. The predicted octanol–water partition coefficient (Wildman–Crippen LogP) is 2.36. The Kier molecular flexibility index (Phi) is 2.34. The summed E-state index contributed by atoms with van der Waals surface area (Å²) >= 11 is 1.52. The van der Waals surface area contributed by atoms with Crippen molar-refractivity contribution >= 4 is 22.3 Å². The Hall–Kier alpha value is -0.900. The summed E-state index contributed by atoms with van der Waals surface area (Å²) in [5.41, 5.74) is 1.06. The molecule has 0 radical (unpaired) electrons. The molecule has 0 N–H and O–H groups in total. The average molecular weight is 224 g/mol. The van der Waals surface area contributed by atoms with Gasteiger partial charge in [-0.15, -0.1) is 0 Å². The first kappa shape index (κ1) is 10.6. The number of nitrogens with zero attached hydrogens (tertiary/aromatic N) is 2. The van der Waals surface area contributed by atoms with E-state index in [1.54, 1.807) is 0 Å². The van der Waals surface area contributed by atoms with E-state index >= 15 is 0 Å². The van der Waals surface area contributed by atoms with Gasteiger partial charge in [0.05, 0.1) is 10.6 Å². The van der Waals surface area contributed by atoms with Crippen molar-refractivity contribution < 1.29 is 4.79 Å². The van der Waals surface area contributed by atoms with Crippen LogP contribution in [0.5, 0.6) is 0 Å². The first-order valence-electron chi connectivity index (χ1n) is 5.09. The minimum atomic E-state index is 0.0712. The molecule has 82 valence electrons. The van der Waals surface area contributed by atoms with Crippen LogP contribution in [-0.2, 0) is 6.42 Å². The van der Waals surface area contributed by atoms with E-state index in [2.05, 4.69) is 18.8 Å². The van der Waals surface area contributed by atoms with Crippen molar-refractivity contribution in [1.82, 2.24) is 4.98 Å². The molecule has 15 heavy (non-hydrogen) atoms. The highest BCUT2D eigenvalue weighted by molar-refractivity contribution is 7.17. The number of hydrogen-bond acceptors (Lipinski definition) is 4. The number of carbonyl (C=O) groups is 1. The molecule has 0 spiro atoms. The number of fused-ring (bicyclic) bond motifs is 1. The molecule has 1 aliphatic carbocycles. The van der Waals surface area contributed by atoms with Gasteiger partial charge in [0, 0.05) is 20.5 Å². The highest BCUT2D eigenvalue weighted by Crippen LogP contribution is 2.38. The zero-order valence-electron chi connectivity index (χ0n) is 9.63. The molecule has 0 saturated carbocycles. The maximum atomic E-state index is 11.9. The number of carbonyl (C=O) groups excluding carboxylic acids is 1. The molecule has 2 rings (SSSR count). The van der Waals surface area contributed by atoms with Crippen molar-refractivity contribution in [3.05, 3.63) is 10.6 Å². The Labute approximate surface area is 94.1 Å². The van der Waals surface area contributed by atoms with E-state index in [1.807, 2.05) is 19.0 Å². The second kappa shape index (κ2) is 3.30. The highest BCUT2D eigenvalue weighted by Gasteiger charge is 2.33. The molecule has 1 aromatic heterocycles. The normalized spacial score (nSPS) is 18.8. The van der Waals surface area contributed by atoms with Crippen LogP contribution in [0.15, 0.2) is 0 Å².